The second kappa shape index (κ2) is 7.58. The average molecular weight is 457 g/mol. The maximum Gasteiger partial charge on any atom is 0.283 e. The number of fused-ring (bicyclic) bond motifs is 4. The van der Waals surface area contributed by atoms with Crippen molar-refractivity contribution in [1.82, 2.24) is 15.0 Å². The first-order valence-electron chi connectivity index (χ1n) is 10.6. The summed E-state index contributed by atoms with van der Waals surface area (Å²) in [7, 11) is 0. The summed E-state index contributed by atoms with van der Waals surface area (Å²) in [6, 6.07) is 11.9. The van der Waals surface area contributed by atoms with Crippen LogP contribution >= 0.6 is 0 Å². The number of halogens is 2. The molecule has 1 spiro atoms. The fraction of sp³-hybridized carbons (Fsp3) is 0.120. The predicted octanol–water partition coefficient (Wildman–Crippen LogP) is 4.57. The maximum atomic E-state index is 14.5. The van der Waals surface area contributed by atoms with Crippen molar-refractivity contribution in [2.75, 3.05) is 6.61 Å². The van der Waals surface area contributed by atoms with Gasteiger partial charge in [0.1, 0.15) is 17.1 Å². The van der Waals surface area contributed by atoms with Crippen molar-refractivity contribution >= 4 is 6.02 Å². The zero-order valence-corrected chi connectivity index (χ0v) is 17.7. The molecular weight excluding hydrogens is 440 g/mol. The third-order valence-corrected chi connectivity index (χ3v) is 6.04. The largest absolute Gasteiger partial charge is 0.465 e. The Morgan fingerprint density at radius 1 is 0.912 bits per heavy atom. The third kappa shape index (κ3) is 3.16. The molecule has 1 aromatic carbocycles. The van der Waals surface area contributed by atoms with Crippen LogP contribution in [0.3, 0.4) is 0 Å². The van der Waals surface area contributed by atoms with E-state index in [9.17, 15) is 8.78 Å². The number of rotatable bonds is 2. The number of aromatic nitrogens is 3. The van der Waals surface area contributed by atoms with E-state index in [-0.39, 0.29) is 6.02 Å². The van der Waals surface area contributed by atoms with Crippen molar-refractivity contribution in [1.29, 1.82) is 0 Å². The Labute approximate surface area is 193 Å². The maximum absolute atomic E-state index is 14.5. The number of benzene rings is 1. The van der Waals surface area contributed by atoms with Crippen LogP contribution in [0.4, 0.5) is 8.78 Å². The second-order valence-corrected chi connectivity index (χ2v) is 8.02. The SMILES string of the molecule is NC1=NC2(CCO1)c1cc(-c3cccnc3F)ccc1Oc1cnc(-c3cncc(F)c3)cc12. The van der Waals surface area contributed by atoms with Gasteiger partial charge in [-0.25, -0.2) is 14.4 Å². The summed E-state index contributed by atoms with van der Waals surface area (Å²) in [5, 5.41) is 0. The number of nitrogens with two attached hydrogens (primary N) is 1. The van der Waals surface area contributed by atoms with Crippen LogP contribution in [0.1, 0.15) is 17.5 Å². The van der Waals surface area contributed by atoms with Crippen molar-refractivity contribution in [2.24, 2.45) is 10.7 Å². The summed E-state index contributed by atoms with van der Waals surface area (Å²) in [5.41, 5.74) is 8.49. The van der Waals surface area contributed by atoms with E-state index in [0.717, 1.165) is 6.20 Å². The van der Waals surface area contributed by atoms with E-state index >= 15 is 0 Å². The molecule has 34 heavy (non-hydrogen) atoms. The highest BCUT2D eigenvalue weighted by atomic mass is 19.1. The predicted molar refractivity (Wildman–Crippen MR) is 120 cm³/mol. The highest BCUT2D eigenvalue weighted by Crippen LogP contribution is 2.53. The van der Waals surface area contributed by atoms with Gasteiger partial charge in [0.15, 0.2) is 5.75 Å². The molecule has 7 nitrogen and oxygen atoms in total. The highest BCUT2D eigenvalue weighted by molar-refractivity contribution is 5.77. The van der Waals surface area contributed by atoms with Gasteiger partial charge in [0, 0.05) is 41.1 Å². The van der Waals surface area contributed by atoms with Gasteiger partial charge in [-0.2, -0.15) is 4.39 Å². The molecular formula is C25H17F2N5O2. The lowest BCUT2D eigenvalue weighted by Gasteiger charge is -2.39. The van der Waals surface area contributed by atoms with Gasteiger partial charge in [0.05, 0.1) is 24.7 Å². The van der Waals surface area contributed by atoms with Crippen LogP contribution in [-0.4, -0.2) is 27.6 Å². The van der Waals surface area contributed by atoms with Crippen molar-refractivity contribution in [3.63, 3.8) is 0 Å². The van der Waals surface area contributed by atoms with E-state index in [0.29, 0.717) is 58.0 Å². The molecule has 0 fully saturated rings. The Kier molecular flexibility index (Phi) is 4.51. The topological polar surface area (TPSA) is 95.5 Å². The number of pyridine rings is 3. The highest BCUT2D eigenvalue weighted by Gasteiger charge is 2.45. The van der Waals surface area contributed by atoms with E-state index in [1.54, 1.807) is 36.5 Å². The van der Waals surface area contributed by atoms with Gasteiger partial charge in [-0.1, -0.05) is 6.07 Å². The number of hydrogen-bond donors (Lipinski definition) is 1. The van der Waals surface area contributed by atoms with Gasteiger partial charge in [-0.3, -0.25) is 9.97 Å². The molecule has 0 bridgehead atoms. The first-order chi connectivity index (χ1) is 16.5. The lowest BCUT2D eigenvalue weighted by molar-refractivity contribution is 0.219. The molecule has 6 rings (SSSR count). The van der Waals surface area contributed by atoms with E-state index in [2.05, 4.69) is 15.0 Å². The summed E-state index contributed by atoms with van der Waals surface area (Å²) in [4.78, 5) is 16.9. The van der Waals surface area contributed by atoms with E-state index in [1.807, 2.05) is 6.07 Å². The van der Waals surface area contributed by atoms with E-state index in [4.69, 9.17) is 20.2 Å². The monoisotopic (exact) mass is 457 g/mol. The van der Waals surface area contributed by atoms with Crippen molar-refractivity contribution < 1.29 is 18.3 Å². The van der Waals surface area contributed by atoms with Crippen LogP contribution in [0.2, 0.25) is 0 Å². The van der Waals surface area contributed by atoms with Crippen LogP contribution in [-0.2, 0) is 10.3 Å². The summed E-state index contributed by atoms with van der Waals surface area (Å²) >= 11 is 0. The van der Waals surface area contributed by atoms with Gasteiger partial charge >= 0.3 is 0 Å². The molecule has 0 aliphatic carbocycles. The summed E-state index contributed by atoms with van der Waals surface area (Å²) in [5.74, 6) is 0.0128. The summed E-state index contributed by atoms with van der Waals surface area (Å²) in [6.07, 6.45) is 6.10. The minimum atomic E-state index is -0.960. The van der Waals surface area contributed by atoms with Gasteiger partial charge < -0.3 is 15.2 Å². The molecule has 1 atom stereocenters. The Balaban J connectivity index is 1.58. The number of nitrogens with zero attached hydrogens (tertiary/aromatic N) is 4. The molecule has 1 unspecified atom stereocenters. The van der Waals surface area contributed by atoms with Crippen LogP contribution in [0.15, 0.2) is 72.2 Å². The molecule has 0 amide bonds. The first-order valence-corrected chi connectivity index (χ1v) is 10.6. The summed E-state index contributed by atoms with van der Waals surface area (Å²) < 4.78 is 39.9. The molecule has 9 heteroatoms. The number of ether oxygens (including phenoxy) is 2. The van der Waals surface area contributed by atoms with Crippen LogP contribution in [0, 0.1) is 11.8 Å². The van der Waals surface area contributed by atoms with Crippen molar-refractivity contribution in [2.45, 2.75) is 12.0 Å². The molecule has 0 radical (unpaired) electrons. The molecule has 5 heterocycles. The number of aliphatic imine (C=N–C) groups is 1. The molecule has 0 saturated carbocycles. The Hall–Kier alpha value is -4.40. The minimum absolute atomic E-state index is 0.0359. The van der Waals surface area contributed by atoms with Gasteiger partial charge in [-0.05, 0) is 42.0 Å². The van der Waals surface area contributed by atoms with Gasteiger partial charge in [0.2, 0.25) is 5.95 Å². The first kappa shape index (κ1) is 20.2. The van der Waals surface area contributed by atoms with Crippen molar-refractivity contribution in [3.8, 4) is 33.9 Å². The lowest BCUT2D eigenvalue weighted by Crippen LogP contribution is -2.38. The molecule has 2 aliphatic heterocycles. The smallest absolute Gasteiger partial charge is 0.283 e. The normalized spacial score (nSPS) is 18.4. The Bertz CT molecular complexity index is 1480. The lowest BCUT2D eigenvalue weighted by atomic mass is 9.77. The molecule has 4 aromatic rings. The second-order valence-electron chi connectivity index (χ2n) is 8.02. The number of hydrogen-bond acceptors (Lipinski definition) is 7. The van der Waals surface area contributed by atoms with Crippen molar-refractivity contribution in [3.05, 3.63) is 90.1 Å². The van der Waals surface area contributed by atoms with E-state index in [1.165, 1.54) is 18.5 Å². The quantitative estimate of drug-likeness (QED) is 0.443. The third-order valence-electron chi connectivity index (χ3n) is 6.04. The van der Waals surface area contributed by atoms with Crippen LogP contribution in [0.25, 0.3) is 22.4 Å². The molecule has 168 valence electrons. The fourth-order valence-electron chi connectivity index (χ4n) is 4.50. The molecule has 3 aromatic heterocycles. The van der Waals surface area contributed by atoms with Gasteiger partial charge in [-0.15, -0.1) is 0 Å². The zero-order valence-electron chi connectivity index (χ0n) is 17.7. The summed E-state index contributed by atoms with van der Waals surface area (Å²) in [6.45, 7) is 0.318. The molecule has 2 aliphatic rings. The van der Waals surface area contributed by atoms with Crippen LogP contribution < -0.4 is 10.5 Å². The van der Waals surface area contributed by atoms with Gasteiger partial charge in [0.25, 0.3) is 6.02 Å². The fourth-order valence-corrected chi connectivity index (χ4v) is 4.50. The standard InChI is InChI=1S/C25H17F2N5O2/c26-16-8-15(11-29-12-16)20-10-19-22(13-31-20)34-21-4-3-14(17-2-1-6-30-23(17)27)9-18(21)25(19)5-7-33-24(28)32-25/h1-4,6,8-13H,5,7H2,(H2,28,32). The molecule has 2 N–H and O–H groups in total. The zero-order chi connectivity index (χ0) is 23.3. The number of amidine groups is 1. The Morgan fingerprint density at radius 3 is 2.62 bits per heavy atom. The van der Waals surface area contributed by atoms with Crippen LogP contribution in [0.5, 0.6) is 11.5 Å². The minimum Gasteiger partial charge on any atom is -0.465 e. The average Bonchev–Trinajstić information content (AvgIpc) is 2.84. The Morgan fingerprint density at radius 2 is 1.79 bits per heavy atom. The molecule has 0 saturated heterocycles. The van der Waals surface area contributed by atoms with E-state index < -0.39 is 17.3 Å².